The second-order valence-electron chi connectivity index (χ2n) is 4.84. The molecular weight excluding hydrogens is 370 g/mol. The van der Waals surface area contributed by atoms with Gasteiger partial charge in [-0.25, -0.2) is 0 Å². The standard InChI is InChI=1S/C14H14BrN3O3S/c1-17(2)10-4-3-8(5-9(10)15)6-11-13(20)18(7-12(16)19)14(21)22-11/h3-6H,7H2,1-2H3,(H2,16,19)/b11-6-. The average Bonchev–Trinajstić information content (AvgIpc) is 2.66. The lowest BCUT2D eigenvalue weighted by Gasteiger charge is -2.14. The Labute approximate surface area is 140 Å². The van der Waals surface area contributed by atoms with E-state index < -0.39 is 23.6 Å². The molecule has 1 aliphatic rings. The first kappa shape index (κ1) is 16.6. The summed E-state index contributed by atoms with van der Waals surface area (Å²) in [6.07, 6.45) is 1.62. The predicted octanol–water partition coefficient (Wildman–Crippen LogP) is 2.04. The van der Waals surface area contributed by atoms with Crippen LogP contribution in [-0.4, -0.2) is 42.6 Å². The highest BCUT2D eigenvalue weighted by atomic mass is 79.9. The second-order valence-corrected chi connectivity index (χ2v) is 6.69. The summed E-state index contributed by atoms with van der Waals surface area (Å²) >= 11 is 4.27. The van der Waals surface area contributed by atoms with Crippen molar-refractivity contribution in [3.63, 3.8) is 0 Å². The van der Waals surface area contributed by atoms with Gasteiger partial charge in [0.1, 0.15) is 6.54 Å². The number of hydrogen-bond donors (Lipinski definition) is 1. The first-order valence-corrected chi connectivity index (χ1v) is 7.91. The van der Waals surface area contributed by atoms with Crippen LogP contribution in [0, 0.1) is 0 Å². The van der Waals surface area contributed by atoms with Crippen LogP contribution in [0.1, 0.15) is 5.56 Å². The molecule has 1 aromatic rings. The van der Waals surface area contributed by atoms with Gasteiger partial charge in [0.05, 0.1) is 10.6 Å². The normalized spacial score (nSPS) is 16.5. The van der Waals surface area contributed by atoms with Crippen molar-refractivity contribution in [1.29, 1.82) is 0 Å². The predicted molar refractivity (Wildman–Crippen MR) is 90.3 cm³/mol. The molecule has 1 aliphatic heterocycles. The van der Waals surface area contributed by atoms with E-state index in [0.29, 0.717) is 0 Å². The topological polar surface area (TPSA) is 83.7 Å². The van der Waals surface area contributed by atoms with Crippen LogP contribution in [0.2, 0.25) is 0 Å². The fourth-order valence-electron chi connectivity index (χ4n) is 1.92. The van der Waals surface area contributed by atoms with Gasteiger partial charge < -0.3 is 10.6 Å². The largest absolute Gasteiger partial charge is 0.377 e. The Morgan fingerprint density at radius 2 is 2.09 bits per heavy atom. The lowest BCUT2D eigenvalue weighted by Crippen LogP contribution is -2.36. The summed E-state index contributed by atoms with van der Waals surface area (Å²) in [5.41, 5.74) is 6.81. The van der Waals surface area contributed by atoms with Crippen LogP contribution < -0.4 is 10.6 Å². The molecule has 6 nitrogen and oxygen atoms in total. The lowest BCUT2D eigenvalue weighted by molar-refractivity contribution is -0.127. The summed E-state index contributed by atoms with van der Waals surface area (Å²) in [5.74, 6) is -1.22. The van der Waals surface area contributed by atoms with Crippen molar-refractivity contribution in [3.8, 4) is 0 Å². The Morgan fingerprint density at radius 3 is 2.64 bits per heavy atom. The van der Waals surface area contributed by atoms with E-state index in [2.05, 4.69) is 15.9 Å². The van der Waals surface area contributed by atoms with E-state index in [1.807, 2.05) is 37.2 Å². The zero-order valence-corrected chi connectivity index (χ0v) is 14.4. The van der Waals surface area contributed by atoms with E-state index >= 15 is 0 Å². The van der Waals surface area contributed by atoms with Gasteiger partial charge in [-0.2, -0.15) is 0 Å². The smallest absolute Gasteiger partial charge is 0.294 e. The lowest BCUT2D eigenvalue weighted by atomic mass is 10.2. The average molecular weight is 384 g/mol. The first-order valence-electron chi connectivity index (χ1n) is 6.30. The third kappa shape index (κ3) is 3.50. The molecule has 2 N–H and O–H groups in total. The van der Waals surface area contributed by atoms with Crippen LogP contribution >= 0.6 is 27.7 Å². The zero-order chi connectivity index (χ0) is 16.4. The summed E-state index contributed by atoms with van der Waals surface area (Å²) in [6.45, 7) is -0.398. The minimum atomic E-state index is -0.721. The number of anilines is 1. The Hall–Kier alpha value is -1.80. The molecule has 8 heteroatoms. The number of halogens is 1. The highest BCUT2D eigenvalue weighted by Crippen LogP contribution is 2.33. The molecule has 0 unspecified atom stereocenters. The fourth-order valence-corrected chi connectivity index (χ4v) is 3.51. The third-order valence-electron chi connectivity index (χ3n) is 2.94. The van der Waals surface area contributed by atoms with E-state index in [4.69, 9.17) is 5.73 Å². The van der Waals surface area contributed by atoms with E-state index in [0.717, 1.165) is 32.4 Å². The Balaban J connectivity index is 2.27. The van der Waals surface area contributed by atoms with Gasteiger partial charge in [0, 0.05) is 18.6 Å². The SMILES string of the molecule is CN(C)c1ccc(/C=C2\SC(=O)N(CC(N)=O)C2=O)cc1Br. The van der Waals surface area contributed by atoms with Crippen molar-refractivity contribution >= 4 is 56.5 Å². The van der Waals surface area contributed by atoms with Gasteiger partial charge in [-0.1, -0.05) is 6.07 Å². The van der Waals surface area contributed by atoms with Crippen LogP contribution in [0.25, 0.3) is 6.08 Å². The van der Waals surface area contributed by atoms with Crippen molar-refractivity contribution < 1.29 is 14.4 Å². The summed E-state index contributed by atoms with van der Waals surface area (Å²) < 4.78 is 0.877. The molecule has 0 aromatic heterocycles. The molecule has 116 valence electrons. The molecule has 0 atom stereocenters. The van der Waals surface area contributed by atoms with E-state index in [1.54, 1.807) is 6.08 Å². The molecule has 0 radical (unpaired) electrons. The van der Waals surface area contributed by atoms with Crippen LogP contribution in [0.5, 0.6) is 0 Å². The number of thioether (sulfide) groups is 1. The fraction of sp³-hybridized carbons (Fsp3) is 0.214. The van der Waals surface area contributed by atoms with E-state index in [9.17, 15) is 14.4 Å². The maximum absolute atomic E-state index is 12.1. The number of carbonyl (C=O) groups is 3. The van der Waals surface area contributed by atoms with Crippen molar-refractivity contribution in [3.05, 3.63) is 33.1 Å². The molecule has 1 saturated heterocycles. The number of hydrogen-bond acceptors (Lipinski definition) is 5. The number of benzene rings is 1. The maximum Gasteiger partial charge on any atom is 0.294 e. The summed E-state index contributed by atoms with van der Waals surface area (Å²) in [6, 6.07) is 5.61. The Bertz CT molecular complexity index is 688. The quantitative estimate of drug-likeness (QED) is 0.804. The minimum Gasteiger partial charge on any atom is -0.377 e. The number of primary amides is 1. The van der Waals surface area contributed by atoms with Gasteiger partial charge in [-0.15, -0.1) is 0 Å². The van der Waals surface area contributed by atoms with Gasteiger partial charge in [0.2, 0.25) is 5.91 Å². The monoisotopic (exact) mass is 383 g/mol. The number of rotatable bonds is 4. The number of imide groups is 1. The van der Waals surface area contributed by atoms with Crippen LogP contribution in [0.3, 0.4) is 0 Å². The summed E-state index contributed by atoms with van der Waals surface area (Å²) in [7, 11) is 3.85. The molecule has 1 fully saturated rings. The molecule has 2 rings (SSSR count). The number of carbonyl (C=O) groups excluding carboxylic acids is 3. The van der Waals surface area contributed by atoms with Gasteiger partial charge in [0.25, 0.3) is 11.1 Å². The van der Waals surface area contributed by atoms with E-state index in [1.165, 1.54) is 0 Å². The van der Waals surface area contributed by atoms with Gasteiger partial charge in [0.15, 0.2) is 0 Å². The third-order valence-corrected chi connectivity index (χ3v) is 4.48. The number of nitrogens with zero attached hydrogens (tertiary/aromatic N) is 2. The highest BCUT2D eigenvalue weighted by molar-refractivity contribution is 9.10. The summed E-state index contributed by atoms with van der Waals surface area (Å²) in [4.78, 5) is 37.8. The molecule has 0 spiro atoms. The molecule has 0 saturated carbocycles. The van der Waals surface area contributed by atoms with Crippen molar-refractivity contribution in [2.75, 3.05) is 25.5 Å². The highest BCUT2D eigenvalue weighted by Gasteiger charge is 2.35. The molecule has 1 aromatic carbocycles. The van der Waals surface area contributed by atoms with Crippen LogP contribution in [0.15, 0.2) is 27.6 Å². The first-order chi connectivity index (χ1) is 10.3. The summed E-state index contributed by atoms with van der Waals surface area (Å²) in [5, 5.41) is -0.487. The van der Waals surface area contributed by atoms with Crippen LogP contribution in [0.4, 0.5) is 10.5 Å². The number of nitrogens with two attached hydrogens (primary N) is 1. The van der Waals surface area contributed by atoms with Crippen molar-refractivity contribution in [2.24, 2.45) is 5.73 Å². The molecule has 3 amide bonds. The second kappa shape index (κ2) is 6.53. The van der Waals surface area contributed by atoms with E-state index in [-0.39, 0.29) is 4.91 Å². The zero-order valence-electron chi connectivity index (χ0n) is 12.0. The maximum atomic E-state index is 12.1. The van der Waals surface area contributed by atoms with Crippen molar-refractivity contribution in [1.82, 2.24) is 4.90 Å². The Morgan fingerprint density at radius 1 is 1.41 bits per heavy atom. The number of amides is 3. The van der Waals surface area contributed by atoms with Crippen molar-refractivity contribution in [2.45, 2.75) is 0 Å². The molecule has 22 heavy (non-hydrogen) atoms. The minimum absolute atomic E-state index is 0.274. The van der Waals surface area contributed by atoms with Gasteiger partial charge in [-0.3, -0.25) is 19.3 Å². The molecule has 0 bridgehead atoms. The molecular formula is C14H14BrN3O3S. The molecule has 0 aliphatic carbocycles. The van der Waals surface area contributed by atoms with Crippen LogP contribution in [-0.2, 0) is 9.59 Å². The van der Waals surface area contributed by atoms with Gasteiger partial charge in [-0.05, 0) is 51.5 Å². The molecule has 1 heterocycles. The Kier molecular flexibility index (Phi) is 4.92. The van der Waals surface area contributed by atoms with Gasteiger partial charge >= 0.3 is 0 Å².